The third kappa shape index (κ3) is 1.61. The highest BCUT2D eigenvalue weighted by Crippen LogP contribution is 2.31. The first kappa shape index (κ1) is 10.8. The summed E-state index contributed by atoms with van der Waals surface area (Å²) in [7, 11) is 0. The van der Waals surface area contributed by atoms with E-state index in [2.05, 4.69) is 5.32 Å². The number of morpholine rings is 1. The van der Waals surface area contributed by atoms with Gasteiger partial charge in [-0.05, 0) is 12.0 Å². The Morgan fingerprint density at radius 2 is 2.00 bits per heavy atom. The Labute approximate surface area is 93.6 Å². The number of hydrogen-bond acceptors (Lipinski definition) is 3. The van der Waals surface area contributed by atoms with Gasteiger partial charge in [0.15, 0.2) is 5.60 Å². The Bertz CT molecular complexity index is 416. The van der Waals surface area contributed by atoms with Crippen LogP contribution in [0.5, 0.6) is 0 Å². The molecule has 16 heavy (non-hydrogen) atoms. The zero-order valence-electron chi connectivity index (χ0n) is 9.03. The van der Waals surface area contributed by atoms with Crippen LogP contribution in [-0.2, 0) is 19.9 Å². The molecule has 0 saturated carbocycles. The van der Waals surface area contributed by atoms with Gasteiger partial charge in [-0.1, -0.05) is 37.3 Å². The third-order valence-corrected chi connectivity index (χ3v) is 2.81. The molecule has 1 aliphatic rings. The monoisotopic (exact) mass is 219 g/mol. The van der Waals surface area contributed by atoms with Crippen LogP contribution in [0.25, 0.3) is 0 Å². The first-order valence-electron chi connectivity index (χ1n) is 5.23. The molecule has 2 amide bonds. The SMILES string of the molecule is CC[C@@]1(c2ccccc2)OCC(=O)NC1=O. The predicted octanol–water partition coefficient (Wildman–Crippen LogP) is 0.965. The molecule has 0 aromatic heterocycles. The molecule has 0 radical (unpaired) electrons. The summed E-state index contributed by atoms with van der Waals surface area (Å²) in [5.74, 6) is -0.762. The van der Waals surface area contributed by atoms with Crippen LogP contribution in [0.1, 0.15) is 18.9 Å². The molecule has 1 atom stereocenters. The van der Waals surface area contributed by atoms with Gasteiger partial charge in [-0.2, -0.15) is 0 Å². The lowest BCUT2D eigenvalue weighted by molar-refractivity contribution is -0.166. The molecule has 1 aromatic rings. The normalized spacial score (nSPS) is 25.3. The van der Waals surface area contributed by atoms with Gasteiger partial charge in [-0.15, -0.1) is 0 Å². The summed E-state index contributed by atoms with van der Waals surface area (Å²) in [6, 6.07) is 9.23. The molecule has 0 unspecified atom stereocenters. The Kier molecular flexibility index (Phi) is 2.75. The maximum atomic E-state index is 11.9. The minimum atomic E-state index is -1.02. The van der Waals surface area contributed by atoms with Gasteiger partial charge in [0.1, 0.15) is 6.61 Å². The van der Waals surface area contributed by atoms with Gasteiger partial charge in [0.25, 0.3) is 11.8 Å². The number of benzene rings is 1. The molecular formula is C12H13NO3. The fraction of sp³-hybridized carbons (Fsp3) is 0.333. The molecule has 1 heterocycles. The van der Waals surface area contributed by atoms with Gasteiger partial charge in [-0.25, -0.2) is 0 Å². The summed E-state index contributed by atoms with van der Waals surface area (Å²) in [6.07, 6.45) is 0.496. The van der Waals surface area contributed by atoms with Crippen LogP contribution in [-0.4, -0.2) is 18.4 Å². The van der Waals surface area contributed by atoms with Gasteiger partial charge in [-0.3, -0.25) is 14.9 Å². The highest BCUT2D eigenvalue weighted by molar-refractivity contribution is 6.02. The van der Waals surface area contributed by atoms with E-state index in [-0.39, 0.29) is 18.4 Å². The van der Waals surface area contributed by atoms with Crippen molar-refractivity contribution < 1.29 is 14.3 Å². The number of carbonyl (C=O) groups excluding carboxylic acids is 2. The van der Waals surface area contributed by atoms with Gasteiger partial charge in [0.2, 0.25) is 0 Å². The summed E-state index contributed by atoms with van der Waals surface area (Å²) in [5, 5.41) is 2.32. The molecule has 84 valence electrons. The standard InChI is InChI=1S/C12H13NO3/c1-2-12(9-6-4-3-5-7-9)11(15)13-10(14)8-16-12/h3-7H,2,8H2,1H3,(H,13,14,15)/t12-/m0/s1. The van der Waals surface area contributed by atoms with E-state index in [1.807, 2.05) is 37.3 Å². The van der Waals surface area contributed by atoms with Crippen LogP contribution >= 0.6 is 0 Å². The lowest BCUT2D eigenvalue weighted by Crippen LogP contribution is -2.55. The molecule has 0 spiro atoms. The van der Waals surface area contributed by atoms with Crippen LogP contribution in [0, 0.1) is 0 Å². The minimum Gasteiger partial charge on any atom is -0.351 e. The number of carbonyl (C=O) groups is 2. The zero-order valence-corrected chi connectivity index (χ0v) is 9.03. The maximum Gasteiger partial charge on any atom is 0.263 e. The maximum absolute atomic E-state index is 11.9. The second-order valence-corrected chi connectivity index (χ2v) is 3.71. The van der Waals surface area contributed by atoms with E-state index in [0.29, 0.717) is 6.42 Å². The largest absolute Gasteiger partial charge is 0.351 e. The topological polar surface area (TPSA) is 55.4 Å². The minimum absolute atomic E-state index is 0.0749. The van der Waals surface area contributed by atoms with E-state index in [9.17, 15) is 9.59 Å². The molecule has 2 rings (SSSR count). The van der Waals surface area contributed by atoms with Crippen molar-refractivity contribution in [3.63, 3.8) is 0 Å². The van der Waals surface area contributed by atoms with E-state index in [1.54, 1.807) is 0 Å². The lowest BCUT2D eigenvalue weighted by Gasteiger charge is -2.34. The van der Waals surface area contributed by atoms with Gasteiger partial charge >= 0.3 is 0 Å². The van der Waals surface area contributed by atoms with Crippen LogP contribution in [0.15, 0.2) is 30.3 Å². The summed E-state index contributed by atoms with van der Waals surface area (Å²) in [5.41, 5.74) is -0.239. The average molecular weight is 219 g/mol. The molecule has 1 aromatic carbocycles. The first-order valence-corrected chi connectivity index (χ1v) is 5.23. The quantitative estimate of drug-likeness (QED) is 0.754. The Hall–Kier alpha value is -1.68. The number of nitrogens with one attached hydrogen (secondary N) is 1. The lowest BCUT2D eigenvalue weighted by atomic mass is 9.89. The van der Waals surface area contributed by atoms with E-state index in [4.69, 9.17) is 4.74 Å². The van der Waals surface area contributed by atoms with Gasteiger partial charge < -0.3 is 4.74 Å². The number of imide groups is 1. The van der Waals surface area contributed by atoms with E-state index in [1.165, 1.54) is 0 Å². The molecule has 0 aliphatic carbocycles. The summed E-state index contributed by atoms with van der Waals surface area (Å²) >= 11 is 0. The highest BCUT2D eigenvalue weighted by Gasteiger charge is 2.44. The van der Waals surface area contributed by atoms with Crippen molar-refractivity contribution in [3.8, 4) is 0 Å². The molecule has 4 nitrogen and oxygen atoms in total. The molecule has 1 aliphatic heterocycles. The molecule has 1 saturated heterocycles. The summed E-state index contributed by atoms with van der Waals surface area (Å²) in [4.78, 5) is 23.0. The van der Waals surface area contributed by atoms with Gasteiger partial charge in [0.05, 0.1) is 0 Å². The fourth-order valence-corrected chi connectivity index (χ4v) is 1.91. The molecule has 1 N–H and O–H groups in total. The Morgan fingerprint density at radius 3 is 2.56 bits per heavy atom. The number of rotatable bonds is 2. The third-order valence-electron chi connectivity index (χ3n) is 2.81. The number of amides is 2. The molecule has 1 fully saturated rings. The van der Waals surface area contributed by atoms with Crippen molar-refractivity contribution in [2.24, 2.45) is 0 Å². The predicted molar refractivity (Wildman–Crippen MR) is 57.5 cm³/mol. The van der Waals surface area contributed by atoms with Crippen LogP contribution in [0.3, 0.4) is 0 Å². The molecular weight excluding hydrogens is 206 g/mol. The van der Waals surface area contributed by atoms with Crippen LogP contribution in [0.4, 0.5) is 0 Å². The summed E-state index contributed by atoms with van der Waals surface area (Å²) in [6.45, 7) is 1.79. The van der Waals surface area contributed by atoms with Crippen molar-refractivity contribution in [2.45, 2.75) is 18.9 Å². The molecule has 4 heteroatoms. The van der Waals surface area contributed by atoms with Crippen LogP contribution in [0.2, 0.25) is 0 Å². The smallest absolute Gasteiger partial charge is 0.263 e. The van der Waals surface area contributed by atoms with Crippen molar-refractivity contribution in [1.82, 2.24) is 5.32 Å². The first-order chi connectivity index (χ1) is 7.69. The van der Waals surface area contributed by atoms with Crippen molar-refractivity contribution in [1.29, 1.82) is 0 Å². The second kappa shape index (κ2) is 4.06. The molecule has 0 bridgehead atoms. The van der Waals surface area contributed by atoms with Crippen molar-refractivity contribution in [3.05, 3.63) is 35.9 Å². The second-order valence-electron chi connectivity index (χ2n) is 3.71. The van der Waals surface area contributed by atoms with E-state index >= 15 is 0 Å². The highest BCUT2D eigenvalue weighted by atomic mass is 16.5. The van der Waals surface area contributed by atoms with E-state index < -0.39 is 5.60 Å². The van der Waals surface area contributed by atoms with Gasteiger partial charge in [0, 0.05) is 0 Å². The number of ether oxygens (including phenoxy) is 1. The zero-order chi connectivity index (χ0) is 11.6. The average Bonchev–Trinajstić information content (AvgIpc) is 2.31. The fourth-order valence-electron chi connectivity index (χ4n) is 1.91. The van der Waals surface area contributed by atoms with E-state index in [0.717, 1.165) is 5.56 Å². The summed E-state index contributed by atoms with van der Waals surface area (Å²) < 4.78 is 5.46. The van der Waals surface area contributed by atoms with Crippen LogP contribution < -0.4 is 5.32 Å². The number of hydrogen-bond donors (Lipinski definition) is 1. The van der Waals surface area contributed by atoms with Crippen molar-refractivity contribution >= 4 is 11.8 Å². The Balaban J connectivity index is 2.40. The van der Waals surface area contributed by atoms with Crippen molar-refractivity contribution in [2.75, 3.05) is 6.61 Å². The Morgan fingerprint density at radius 1 is 1.31 bits per heavy atom.